The summed E-state index contributed by atoms with van der Waals surface area (Å²) in [5.74, 6) is -1.37. The minimum atomic E-state index is -0.866. The van der Waals surface area contributed by atoms with Crippen LogP contribution in [0.1, 0.15) is 18.9 Å². The standard InChI is InChI=1S/C13H15F2NO3/c1-9(17)19-6-5-13(18)16(2)12-4-3-11(15)7-10(12)8-14/h3-4,7H,5-6,8H2,1-2H3. The second-order valence-electron chi connectivity index (χ2n) is 3.95. The quantitative estimate of drug-likeness (QED) is 0.771. The lowest BCUT2D eigenvalue weighted by Crippen LogP contribution is -2.28. The molecule has 0 heterocycles. The molecule has 1 rings (SSSR count). The Morgan fingerprint density at radius 1 is 1.37 bits per heavy atom. The van der Waals surface area contributed by atoms with Gasteiger partial charge >= 0.3 is 5.97 Å². The average molecular weight is 271 g/mol. The SMILES string of the molecule is CC(=O)OCCC(=O)N(C)c1ccc(F)cc1CF. The number of hydrogen-bond acceptors (Lipinski definition) is 3. The van der Waals surface area contributed by atoms with Crippen molar-refractivity contribution < 1.29 is 23.1 Å². The molecule has 0 aliphatic rings. The van der Waals surface area contributed by atoms with Crippen LogP contribution in [-0.4, -0.2) is 25.5 Å². The number of anilines is 1. The summed E-state index contributed by atoms with van der Waals surface area (Å²) in [4.78, 5) is 23.6. The molecule has 1 amide bonds. The molecule has 104 valence electrons. The van der Waals surface area contributed by atoms with E-state index in [2.05, 4.69) is 4.74 Å². The van der Waals surface area contributed by atoms with Crippen LogP contribution >= 0.6 is 0 Å². The van der Waals surface area contributed by atoms with E-state index in [9.17, 15) is 18.4 Å². The van der Waals surface area contributed by atoms with Crippen LogP contribution in [0.2, 0.25) is 0 Å². The molecule has 1 aromatic carbocycles. The van der Waals surface area contributed by atoms with E-state index in [-0.39, 0.29) is 24.5 Å². The monoisotopic (exact) mass is 271 g/mol. The van der Waals surface area contributed by atoms with Crippen molar-refractivity contribution in [2.45, 2.75) is 20.0 Å². The fourth-order valence-corrected chi connectivity index (χ4v) is 1.57. The Kier molecular flexibility index (Phi) is 5.41. The van der Waals surface area contributed by atoms with Gasteiger partial charge in [0, 0.05) is 25.2 Å². The molecule has 0 saturated heterocycles. The van der Waals surface area contributed by atoms with Crippen molar-refractivity contribution in [3.8, 4) is 0 Å². The Bertz CT molecular complexity index is 477. The highest BCUT2D eigenvalue weighted by molar-refractivity contribution is 5.93. The zero-order valence-electron chi connectivity index (χ0n) is 10.8. The van der Waals surface area contributed by atoms with Crippen LogP contribution in [0.4, 0.5) is 14.5 Å². The molecule has 0 fully saturated rings. The molecule has 1 aromatic rings. The van der Waals surface area contributed by atoms with Crippen molar-refractivity contribution in [1.29, 1.82) is 0 Å². The molecule has 0 spiro atoms. The van der Waals surface area contributed by atoms with Crippen molar-refractivity contribution in [1.82, 2.24) is 0 Å². The normalized spacial score (nSPS) is 10.1. The van der Waals surface area contributed by atoms with Crippen LogP contribution in [0.3, 0.4) is 0 Å². The van der Waals surface area contributed by atoms with E-state index in [4.69, 9.17) is 0 Å². The predicted octanol–water partition coefficient (Wildman–Crippen LogP) is 2.21. The highest BCUT2D eigenvalue weighted by atomic mass is 19.1. The first-order chi connectivity index (χ1) is 8.95. The molecule has 0 radical (unpaired) electrons. The van der Waals surface area contributed by atoms with Crippen LogP contribution in [0.15, 0.2) is 18.2 Å². The summed E-state index contributed by atoms with van der Waals surface area (Å²) in [6.07, 6.45) is -0.0147. The third kappa shape index (κ3) is 4.31. The number of rotatable bonds is 5. The number of ether oxygens (including phenoxy) is 1. The molecule has 0 N–H and O–H groups in total. The van der Waals surface area contributed by atoms with Gasteiger partial charge in [-0.25, -0.2) is 8.78 Å². The zero-order valence-corrected chi connectivity index (χ0v) is 10.8. The largest absolute Gasteiger partial charge is 0.465 e. The number of carbonyl (C=O) groups excluding carboxylic acids is 2. The van der Waals surface area contributed by atoms with E-state index in [0.717, 1.165) is 12.1 Å². The number of halogens is 2. The van der Waals surface area contributed by atoms with Gasteiger partial charge in [0.25, 0.3) is 0 Å². The molecule has 0 aromatic heterocycles. The van der Waals surface area contributed by atoms with Gasteiger partial charge in [0.05, 0.1) is 6.42 Å². The summed E-state index contributed by atoms with van der Waals surface area (Å²) in [6, 6.07) is 3.55. The number of hydrogen-bond donors (Lipinski definition) is 0. The first-order valence-corrected chi connectivity index (χ1v) is 5.70. The van der Waals surface area contributed by atoms with Crippen LogP contribution in [0.25, 0.3) is 0 Å². The van der Waals surface area contributed by atoms with Crippen LogP contribution in [0.5, 0.6) is 0 Å². The molecular formula is C13H15F2NO3. The lowest BCUT2D eigenvalue weighted by Gasteiger charge is -2.19. The lowest BCUT2D eigenvalue weighted by atomic mass is 10.1. The van der Waals surface area contributed by atoms with Crippen molar-refractivity contribution >= 4 is 17.6 Å². The molecule has 4 nitrogen and oxygen atoms in total. The molecule has 19 heavy (non-hydrogen) atoms. The number of benzene rings is 1. The molecule has 0 aliphatic carbocycles. The van der Waals surface area contributed by atoms with Crippen molar-refractivity contribution in [2.75, 3.05) is 18.6 Å². The van der Waals surface area contributed by atoms with Gasteiger partial charge in [-0.3, -0.25) is 9.59 Å². The van der Waals surface area contributed by atoms with Crippen LogP contribution in [0, 0.1) is 5.82 Å². The third-order valence-corrected chi connectivity index (χ3v) is 2.54. The van der Waals surface area contributed by atoms with Gasteiger partial charge in [-0.15, -0.1) is 0 Å². The summed E-state index contributed by atoms with van der Waals surface area (Å²) in [5.41, 5.74) is 0.403. The van der Waals surface area contributed by atoms with E-state index in [1.165, 1.54) is 24.9 Å². The summed E-state index contributed by atoms with van der Waals surface area (Å²) >= 11 is 0. The maximum absolute atomic E-state index is 13.0. The highest BCUT2D eigenvalue weighted by Crippen LogP contribution is 2.22. The van der Waals surface area contributed by atoms with Gasteiger partial charge in [-0.1, -0.05) is 0 Å². The molecule has 0 unspecified atom stereocenters. The number of amides is 1. The fraction of sp³-hybridized carbons (Fsp3) is 0.385. The van der Waals surface area contributed by atoms with Gasteiger partial charge in [-0.05, 0) is 18.2 Å². The van der Waals surface area contributed by atoms with Crippen molar-refractivity contribution in [3.05, 3.63) is 29.6 Å². The highest BCUT2D eigenvalue weighted by Gasteiger charge is 2.15. The first kappa shape index (κ1) is 15.1. The van der Waals surface area contributed by atoms with E-state index in [1.807, 2.05) is 0 Å². The van der Waals surface area contributed by atoms with Crippen molar-refractivity contribution in [2.24, 2.45) is 0 Å². The van der Waals surface area contributed by atoms with Gasteiger partial charge in [-0.2, -0.15) is 0 Å². The third-order valence-electron chi connectivity index (χ3n) is 2.54. The van der Waals surface area contributed by atoms with E-state index in [1.54, 1.807) is 0 Å². The molecular weight excluding hydrogens is 256 g/mol. The number of esters is 1. The Hall–Kier alpha value is -1.98. The average Bonchev–Trinajstić information content (AvgIpc) is 2.37. The Balaban J connectivity index is 2.73. The van der Waals surface area contributed by atoms with Crippen LogP contribution in [-0.2, 0) is 21.0 Å². The maximum atomic E-state index is 13.0. The summed E-state index contributed by atoms with van der Waals surface area (Å²) in [5, 5.41) is 0. The van der Waals surface area contributed by atoms with E-state index < -0.39 is 18.5 Å². The number of alkyl halides is 1. The van der Waals surface area contributed by atoms with Crippen LogP contribution < -0.4 is 4.90 Å². The maximum Gasteiger partial charge on any atom is 0.302 e. The summed E-state index contributed by atoms with van der Waals surface area (Å²) in [7, 11) is 1.46. The van der Waals surface area contributed by atoms with Gasteiger partial charge < -0.3 is 9.64 Å². The van der Waals surface area contributed by atoms with Gasteiger partial charge in [0.2, 0.25) is 5.91 Å². The van der Waals surface area contributed by atoms with E-state index in [0.29, 0.717) is 5.69 Å². The summed E-state index contributed by atoms with van der Waals surface area (Å²) in [6.45, 7) is 0.342. The molecule has 0 aliphatic heterocycles. The zero-order chi connectivity index (χ0) is 14.4. The number of carbonyl (C=O) groups is 2. The second kappa shape index (κ2) is 6.82. The smallest absolute Gasteiger partial charge is 0.302 e. The molecule has 6 heteroatoms. The second-order valence-corrected chi connectivity index (χ2v) is 3.95. The fourth-order valence-electron chi connectivity index (χ4n) is 1.57. The number of nitrogens with zero attached hydrogens (tertiary/aromatic N) is 1. The Morgan fingerprint density at radius 3 is 2.63 bits per heavy atom. The summed E-state index contributed by atoms with van der Waals surface area (Å²) < 4.78 is 30.4. The first-order valence-electron chi connectivity index (χ1n) is 5.70. The predicted molar refractivity (Wildman–Crippen MR) is 65.9 cm³/mol. The lowest BCUT2D eigenvalue weighted by molar-refractivity contribution is -0.141. The van der Waals surface area contributed by atoms with E-state index >= 15 is 0 Å². The minimum absolute atomic E-state index is 0.0147. The van der Waals surface area contributed by atoms with Crippen molar-refractivity contribution in [3.63, 3.8) is 0 Å². The molecule has 0 atom stereocenters. The molecule has 0 bridgehead atoms. The Morgan fingerprint density at radius 2 is 2.05 bits per heavy atom. The van der Waals surface area contributed by atoms with Gasteiger partial charge in [0.1, 0.15) is 19.1 Å². The Labute approximate surface area is 110 Å². The molecule has 0 saturated carbocycles. The topological polar surface area (TPSA) is 46.6 Å². The minimum Gasteiger partial charge on any atom is -0.465 e. The van der Waals surface area contributed by atoms with Gasteiger partial charge in [0.15, 0.2) is 0 Å².